The molecule has 0 aliphatic carbocycles. The summed E-state index contributed by atoms with van der Waals surface area (Å²) in [6, 6.07) is 11.7. The van der Waals surface area contributed by atoms with Crippen LogP contribution in [0, 0.1) is 17.1 Å². The lowest BCUT2D eigenvalue weighted by Crippen LogP contribution is -2.28. The van der Waals surface area contributed by atoms with Crippen LogP contribution < -0.4 is 9.64 Å². The van der Waals surface area contributed by atoms with E-state index in [0.717, 1.165) is 0 Å². The molecule has 0 N–H and O–H groups in total. The molecule has 0 fully saturated rings. The van der Waals surface area contributed by atoms with Crippen molar-refractivity contribution in [3.63, 3.8) is 0 Å². The van der Waals surface area contributed by atoms with Crippen LogP contribution in [-0.2, 0) is 11.3 Å². The maximum atomic E-state index is 14.8. The highest BCUT2D eigenvalue weighted by Crippen LogP contribution is 2.27. The molecule has 0 radical (unpaired) electrons. The maximum Gasteiger partial charge on any atom is 0.224 e. The standard InChI is InChI=1S/C23H19FN4O2/c1-4-18-6-5-16(11-25)10-21(18)28(15(2)29)14-17-9-20(24)23(27-12-17)19-7-8-22(30-3)26-13-19/h4-10,12-13H,1,14H2,2-3H3. The minimum Gasteiger partial charge on any atom is -0.481 e. The fourth-order valence-electron chi connectivity index (χ4n) is 2.99. The summed E-state index contributed by atoms with van der Waals surface area (Å²) in [4.78, 5) is 22.1. The third kappa shape index (κ3) is 4.33. The van der Waals surface area contributed by atoms with Crippen molar-refractivity contribution in [2.24, 2.45) is 0 Å². The second-order valence-corrected chi connectivity index (χ2v) is 6.46. The van der Waals surface area contributed by atoms with E-state index < -0.39 is 5.82 Å². The van der Waals surface area contributed by atoms with Gasteiger partial charge in [0.15, 0.2) is 0 Å². The largest absolute Gasteiger partial charge is 0.481 e. The van der Waals surface area contributed by atoms with Gasteiger partial charge in [0, 0.05) is 30.9 Å². The van der Waals surface area contributed by atoms with Gasteiger partial charge in [0.2, 0.25) is 11.8 Å². The molecule has 1 amide bonds. The number of carbonyl (C=O) groups excluding carboxylic acids is 1. The van der Waals surface area contributed by atoms with Crippen molar-refractivity contribution < 1.29 is 13.9 Å². The molecule has 0 saturated carbocycles. The molecule has 2 aromatic heterocycles. The minimum absolute atomic E-state index is 0.0934. The van der Waals surface area contributed by atoms with Crippen LogP contribution in [0.4, 0.5) is 10.1 Å². The highest BCUT2D eigenvalue weighted by Gasteiger charge is 2.17. The van der Waals surface area contributed by atoms with Crippen molar-refractivity contribution in [2.45, 2.75) is 13.5 Å². The van der Waals surface area contributed by atoms with Crippen LogP contribution in [0.15, 0.2) is 55.4 Å². The summed E-state index contributed by atoms with van der Waals surface area (Å²) in [5, 5.41) is 9.19. The average molecular weight is 402 g/mol. The third-order valence-electron chi connectivity index (χ3n) is 4.51. The number of pyridine rings is 2. The van der Waals surface area contributed by atoms with E-state index in [1.54, 1.807) is 36.4 Å². The van der Waals surface area contributed by atoms with Gasteiger partial charge in [0.1, 0.15) is 11.5 Å². The molecule has 7 heteroatoms. The third-order valence-corrected chi connectivity index (χ3v) is 4.51. The summed E-state index contributed by atoms with van der Waals surface area (Å²) in [6.07, 6.45) is 4.60. The Balaban J connectivity index is 1.94. The van der Waals surface area contributed by atoms with Gasteiger partial charge in [-0.15, -0.1) is 0 Å². The number of ether oxygens (including phenoxy) is 1. The predicted octanol–water partition coefficient (Wildman–Crippen LogP) is 4.36. The first-order valence-electron chi connectivity index (χ1n) is 9.06. The van der Waals surface area contributed by atoms with E-state index in [1.807, 2.05) is 0 Å². The molecule has 3 rings (SSSR count). The van der Waals surface area contributed by atoms with Crippen LogP contribution >= 0.6 is 0 Å². The molecule has 0 spiro atoms. The van der Waals surface area contributed by atoms with Crippen molar-refractivity contribution in [3.8, 4) is 23.2 Å². The second-order valence-electron chi connectivity index (χ2n) is 6.46. The summed E-state index contributed by atoms with van der Waals surface area (Å²) in [5.41, 5.74) is 2.80. The van der Waals surface area contributed by atoms with Crippen molar-refractivity contribution in [1.29, 1.82) is 5.26 Å². The molecule has 0 bridgehead atoms. The number of nitrogens with zero attached hydrogens (tertiary/aromatic N) is 4. The normalized spacial score (nSPS) is 10.2. The molecule has 1 aromatic carbocycles. The summed E-state index contributed by atoms with van der Waals surface area (Å²) in [5.74, 6) is -0.361. The van der Waals surface area contributed by atoms with Gasteiger partial charge in [-0.2, -0.15) is 5.26 Å². The molecule has 0 aliphatic heterocycles. The Bertz CT molecular complexity index is 1140. The van der Waals surface area contributed by atoms with Crippen molar-refractivity contribution in [1.82, 2.24) is 9.97 Å². The molecule has 6 nitrogen and oxygen atoms in total. The molecule has 30 heavy (non-hydrogen) atoms. The Morgan fingerprint density at radius 2 is 2.07 bits per heavy atom. The van der Waals surface area contributed by atoms with Crippen LogP contribution in [0.3, 0.4) is 0 Å². The molecule has 3 aromatic rings. The Morgan fingerprint density at radius 1 is 1.27 bits per heavy atom. The van der Waals surface area contributed by atoms with E-state index in [0.29, 0.717) is 33.8 Å². The monoisotopic (exact) mass is 402 g/mol. The molecule has 0 atom stereocenters. The number of hydrogen-bond donors (Lipinski definition) is 0. The lowest BCUT2D eigenvalue weighted by Gasteiger charge is -2.23. The van der Waals surface area contributed by atoms with E-state index in [-0.39, 0.29) is 18.1 Å². The number of aromatic nitrogens is 2. The minimum atomic E-state index is -0.530. The van der Waals surface area contributed by atoms with Crippen LogP contribution in [-0.4, -0.2) is 23.0 Å². The summed E-state index contributed by atoms with van der Waals surface area (Å²) in [7, 11) is 1.50. The van der Waals surface area contributed by atoms with Crippen LogP contribution in [0.25, 0.3) is 17.3 Å². The number of carbonyl (C=O) groups is 1. The molecule has 0 saturated heterocycles. The first kappa shape index (κ1) is 20.7. The second kappa shape index (κ2) is 8.97. The topological polar surface area (TPSA) is 79.1 Å². The predicted molar refractivity (Wildman–Crippen MR) is 112 cm³/mol. The van der Waals surface area contributed by atoms with Crippen LogP contribution in [0.1, 0.15) is 23.6 Å². The molecule has 150 valence electrons. The molecular weight excluding hydrogens is 383 g/mol. The maximum absolute atomic E-state index is 14.8. The van der Waals surface area contributed by atoms with E-state index >= 15 is 0 Å². The fourth-order valence-corrected chi connectivity index (χ4v) is 2.99. The zero-order valence-electron chi connectivity index (χ0n) is 16.6. The van der Waals surface area contributed by atoms with Crippen molar-refractivity contribution in [2.75, 3.05) is 12.0 Å². The Morgan fingerprint density at radius 3 is 2.63 bits per heavy atom. The number of hydrogen-bond acceptors (Lipinski definition) is 5. The lowest BCUT2D eigenvalue weighted by molar-refractivity contribution is -0.116. The van der Waals surface area contributed by atoms with Gasteiger partial charge < -0.3 is 9.64 Å². The van der Waals surface area contributed by atoms with Gasteiger partial charge in [-0.25, -0.2) is 9.37 Å². The summed E-state index contributed by atoms with van der Waals surface area (Å²) in [6.45, 7) is 5.26. The number of methoxy groups -OCH3 is 1. The van der Waals surface area contributed by atoms with Gasteiger partial charge in [0.05, 0.1) is 31.0 Å². The Kier molecular flexibility index (Phi) is 6.18. The highest BCUT2D eigenvalue weighted by molar-refractivity contribution is 5.94. The number of benzene rings is 1. The smallest absolute Gasteiger partial charge is 0.224 e. The highest BCUT2D eigenvalue weighted by atomic mass is 19.1. The number of halogens is 1. The Labute approximate surface area is 173 Å². The Hall–Kier alpha value is -4.05. The van der Waals surface area contributed by atoms with E-state index in [9.17, 15) is 14.4 Å². The summed E-state index contributed by atoms with van der Waals surface area (Å²) < 4.78 is 19.8. The molecular formula is C23H19FN4O2. The number of amides is 1. The molecule has 0 unspecified atom stereocenters. The summed E-state index contributed by atoms with van der Waals surface area (Å²) >= 11 is 0. The van der Waals surface area contributed by atoms with Gasteiger partial charge in [-0.1, -0.05) is 18.7 Å². The molecule has 2 heterocycles. The van der Waals surface area contributed by atoms with Gasteiger partial charge >= 0.3 is 0 Å². The SMILES string of the molecule is C=Cc1ccc(C#N)cc1N(Cc1cnc(-c2ccc(OC)nc2)c(F)c1)C(C)=O. The van der Waals surface area contributed by atoms with Crippen LogP contribution in [0.5, 0.6) is 5.88 Å². The fraction of sp³-hybridized carbons (Fsp3) is 0.130. The molecule has 0 aliphatic rings. The van der Waals surface area contributed by atoms with Gasteiger partial charge in [-0.3, -0.25) is 9.78 Å². The quantitative estimate of drug-likeness (QED) is 0.612. The zero-order valence-corrected chi connectivity index (χ0v) is 16.6. The first-order valence-corrected chi connectivity index (χ1v) is 9.06. The lowest BCUT2D eigenvalue weighted by atomic mass is 10.1. The van der Waals surface area contributed by atoms with Crippen molar-refractivity contribution in [3.05, 3.63) is 77.9 Å². The number of rotatable bonds is 6. The van der Waals surface area contributed by atoms with E-state index in [2.05, 4.69) is 22.6 Å². The van der Waals surface area contributed by atoms with Gasteiger partial charge in [-0.05, 0) is 35.4 Å². The number of nitriles is 1. The number of anilines is 1. The first-order chi connectivity index (χ1) is 14.5. The van der Waals surface area contributed by atoms with E-state index in [1.165, 1.54) is 37.4 Å². The van der Waals surface area contributed by atoms with E-state index in [4.69, 9.17) is 4.74 Å². The van der Waals surface area contributed by atoms with Gasteiger partial charge in [0.25, 0.3) is 0 Å². The average Bonchev–Trinajstić information content (AvgIpc) is 2.77. The zero-order chi connectivity index (χ0) is 21.7. The van der Waals surface area contributed by atoms with Crippen molar-refractivity contribution >= 4 is 17.7 Å². The van der Waals surface area contributed by atoms with Crippen LogP contribution in [0.2, 0.25) is 0 Å².